The zero-order chi connectivity index (χ0) is 16.9. The summed E-state index contributed by atoms with van der Waals surface area (Å²) in [5.74, 6) is -0.162. The van der Waals surface area contributed by atoms with Crippen LogP contribution in [0.3, 0.4) is 0 Å². The van der Waals surface area contributed by atoms with Crippen molar-refractivity contribution < 1.29 is 4.79 Å². The van der Waals surface area contributed by atoms with Gasteiger partial charge in [0.05, 0.1) is 5.92 Å². The molecule has 3 heteroatoms. The molecule has 24 heavy (non-hydrogen) atoms. The molecule has 0 spiro atoms. The molecule has 0 aromatic heterocycles. The van der Waals surface area contributed by atoms with E-state index < -0.39 is 0 Å². The lowest BCUT2D eigenvalue weighted by molar-refractivity contribution is -0.119. The van der Waals surface area contributed by atoms with Crippen LogP contribution in [0.15, 0.2) is 78.9 Å². The molecule has 3 rings (SSSR count). The number of carbonyl (C=O) groups is 1. The predicted octanol–water partition coefficient (Wildman–Crippen LogP) is 5.94. The number of carbonyl (C=O) groups excluding carboxylic acids is 1. The number of Topliss-reactive ketones (excluding diaryl/α,β-unsaturated/α-hetero) is 1. The summed E-state index contributed by atoms with van der Waals surface area (Å²) >= 11 is 11.9. The molecule has 1 atom stereocenters. The molecule has 0 N–H and O–H groups in total. The van der Waals surface area contributed by atoms with Crippen LogP contribution in [0.5, 0.6) is 0 Å². The Morgan fingerprint density at radius 3 is 1.79 bits per heavy atom. The number of halogens is 2. The minimum absolute atomic E-state index is 0.144. The lowest BCUT2D eigenvalue weighted by atomic mass is 9.85. The smallest absolute Gasteiger partial charge is 0.149 e. The van der Waals surface area contributed by atoms with Gasteiger partial charge in [-0.3, -0.25) is 4.79 Å². The zero-order valence-electron chi connectivity index (χ0n) is 13.0. The Kier molecular flexibility index (Phi) is 5.34. The second-order valence-electron chi connectivity index (χ2n) is 5.66. The molecular weight excluding hydrogens is 339 g/mol. The summed E-state index contributed by atoms with van der Waals surface area (Å²) in [5.41, 5.74) is 2.89. The summed E-state index contributed by atoms with van der Waals surface area (Å²) in [5, 5.41) is 1.33. The third-order valence-corrected chi connectivity index (χ3v) is 4.45. The molecule has 1 nitrogen and oxygen atoms in total. The van der Waals surface area contributed by atoms with Crippen LogP contribution in [0, 0.1) is 0 Å². The van der Waals surface area contributed by atoms with E-state index in [0.717, 1.165) is 16.7 Å². The standard InChI is InChI=1S/C21H16Cl2O/c22-18-10-6-15(7-11-18)14-20(24)21(16-4-2-1-3-5-16)17-8-12-19(23)13-9-17/h1-13,21H,14H2. The Labute approximate surface area is 151 Å². The van der Waals surface area contributed by atoms with Gasteiger partial charge in [0.2, 0.25) is 0 Å². The van der Waals surface area contributed by atoms with Gasteiger partial charge in [0.1, 0.15) is 5.78 Å². The first-order valence-corrected chi connectivity index (χ1v) is 8.46. The van der Waals surface area contributed by atoms with Gasteiger partial charge in [0, 0.05) is 16.5 Å². The lowest BCUT2D eigenvalue weighted by Gasteiger charge is -2.17. The third kappa shape index (κ3) is 4.05. The maximum atomic E-state index is 13.0. The van der Waals surface area contributed by atoms with Crippen molar-refractivity contribution in [2.45, 2.75) is 12.3 Å². The monoisotopic (exact) mass is 354 g/mol. The van der Waals surface area contributed by atoms with Crippen LogP contribution in [-0.2, 0) is 11.2 Å². The number of rotatable bonds is 5. The zero-order valence-corrected chi connectivity index (χ0v) is 14.5. The molecule has 0 saturated heterocycles. The van der Waals surface area contributed by atoms with Crippen LogP contribution in [0.1, 0.15) is 22.6 Å². The first-order valence-electron chi connectivity index (χ1n) is 7.71. The Bertz CT molecular complexity index is 809. The fraction of sp³-hybridized carbons (Fsp3) is 0.0952. The molecule has 0 aliphatic rings. The van der Waals surface area contributed by atoms with Gasteiger partial charge in [-0.15, -0.1) is 0 Å². The Balaban J connectivity index is 1.93. The van der Waals surface area contributed by atoms with Gasteiger partial charge in [0.25, 0.3) is 0 Å². The highest BCUT2D eigenvalue weighted by Gasteiger charge is 2.22. The minimum atomic E-state index is -0.306. The molecule has 0 bridgehead atoms. The summed E-state index contributed by atoms with van der Waals surface area (Å²) in [6, 6.07) is 24.7. The van der Waals surface area contributed by atoms with E-state index in [1.165, 1.54) is 0 Å². The van der Waals surface area contributed by atoms with Crippen LogP contribution in [0.2, 0.25) is 10.0 Å². The average molecular weight is 355 g/mol. The molecule has 0 radical (unpaired) electrons. The van der Waals surface area contributed by atoms with Crippen molar-refractivity contribution in [1.82, 2.24) is 0 Å². The maximum absolute atomic E-state index is 13.0. The van der Waals surface area contributed by atoms with E-state index in [2.05, 4.69) is 0 Å². The predicted molar refractivity (Wildman–Crippen MR) is 99.9 cm³/mol. The largest absolute Gasteiger partial charge is 0.298 e. The van der Waals surface area contributed by atoms with Gasteiger partial charge < -0.3 is 0 Å². The quantitative estimate of drug-likeness (QED) is 0.554. The van der Waals surface area contributed by atoms with Crippen LogP contribution >= 0.6 is 23.2 Å². The average Bonchev–Trinajstić information content (AvgIpc) is 2.60. The fourth-order valence-electron chi connectivity index (χ4n) is 2.77. The van der Waals surface area contributed by atoms with E-state index in [0.29, 0.717) is 16.5 Å². The van der Waals surface area contributed by atoms with Crippen molar-refractivity contribution >= 4 is 29.0 Å². The number of hydrogen-bond acceptors (Lipinski definition) is 1. The summed E-state index contributed by atoms with van der Waals surface area (Å²) in [4.78, 5) is 13.0. The molecule has 0 fully saturated rings. The van der Waals surface area contributed by atoms with Gasteiger partial charge in [-0.25, -0.2) is 0 Å². The molecule has 3 aromatic carbocycles. The van der Waals surface area contributed by atoms with E-state index >= 15 is 0 Å². The topological polar surface area (TPSA) is 17.1 Å². The minimum Gasteiger partial charge on any atom is -0.298 e. The van der Waals surface area contributed by atoms with Crippen molar-refractivity contribution in [3.8, 4) is 0 Å². The van der Waals surface area contributed by atoms with E-state index in [4.69, 9.17) is 23.2 Å². The number of benzene rings is 3. The Hall–Kier alpha value is -2.09. The van der Waals surface area contributed by atoms with E-state index in [1.54, 1.807) is 0 Å². The third-order valence-electron chi connectivity index (χ3n) is 3.95. The summed E-state index contributed by atoms with van der Waals surface area (Å²) < 4.78 is 0. The molecule has 0 heterocycles. The molecule has 0 aliphatic heterocycles. The summed E-state index contributed by atoms with van der Waals surface area (Å²) in [7, 11) is 0. The summed E-state index contributed by atoms with van der Waals surface area (Å²) in [6.45, 7) is 0. The van der Waals surface area contributed by atoms with Crippen molar-refractivity contribution in [2.24, 2.45) is 0 Å². The molecule has 3 aromatic rings. The first kappa shape index (κ1) is 16.8. The molecule has 0 aliphatic carbocycles. The highest BCUT2D eigenvalue weighted by atomic mass is 35.5. The second-order valence-corrected chi connectivity index (χ2v) is 6.54. The molecule has 120 valence electrons. The van der Waals surface area contributed by atoms with Crippen molar-refractivity contribution in [3.05, 3.63) is 106 Å². The lowest BCUT2D eigenvalue weighted by Crippen LogP contribution is -2.16. The number of ketones is 1. The molecule has 0 saturated carbocycles. The fourth-order valence-corrected chi connectivity index (χ4v) is 3.02. The van der Waals surface area contributed by atoms with Gasteiger partial charge in [-0.1, -0.05) is 77.8 Å². The van der Waals surface area contributed by atoms with Crippen molar-refractivity contribution in [2.75, 3.05) is 0 Å². The van der Waals surface area contributed by atoms with Crippen LogP contribution < -0.4 is 0 Å². The van der Waals surface area contributed by atoms with E-state index in [9.17, 15) is 4.79 Å². The van der Waals surface area contributed by atoms with Crippen molar-refractivity contribution in [3.63, 3.8) is 0 Å². The number of hydrogen-bond donors (Lipinski definition) is 0. The van der Waals surface area contributed by atoms with Gasteiger partial charge in [-0.05, 0) is 41.0 Å². The molecule has 0 amide bonds. The summed E-state index contributed by atoms with van der Waals surface area (Å²) in [6.07, 6.45) is 0.360. The molecule has 1 unspecified atom stereocenters. The van der Waals surface area contributed by atoms with E-state index in [-0.39, 0.29) is 11.7 Å². The SMILES string of the molecule is O=C(Cc1ccc(Cl)cc1)C(c1ccccc1)c1ccc(Cl)cc1. The van der Waals surface area contributed by atoms with Crippen LogP contribution in [0.4, 0.5) is 0 Å². The van der Waals surface area contributed by atoms with Gasteiger partial charge in [-0.2, -0.15) is 0 Å². The highest BCUT2D eigenvalue weighted by molar-refractivity contribution is 6.30. The maximum Gasteiger partial charge on any atom is 0.149 e. The molecular formula is C21H16Cl2O. The van der Waals surface area contributed by atoms with Crippen LogP contribution in [-0.4, -0.2) is 5.78 Å². The first-order chi connectivity index (χ1) is 11.6. The van der Waals surface area contributed by atoms with Crippen LogP contribution in [0.25, 0.3) is 0 Å². The Morgan fingerprint density at radius 2 is 1.21 bits per heavy atom. The van der Waals surface area contributed by atoms with E-state index in [1.807, 2.05) is 78.9 Å². The second kappa shape index (κ2) is 7.65. The Morgan fingerprint density at radius 1 is 0.708 bits per heavy atom. The normalized spacial score (nSPS) is 11.9. The van der Waals surface area contributed by atoms with Crippen molar-refractivity contribution in [1.29, 1.82) is 0 Å². The van der Waals surface area contributed by atoms with Gasteiger partial charge >= 0.3 is 0 Å². The highest BCUT2D eigenvalue weighted by Crippen LogP contribution is 2.28. The van der Waals surface area contributed by atoms with Gasteiger partial charge in [0.15, 0.2) is 0 Å².